The number of anilines is 1. The summed E-state index contributed by atoms with van der Waals surface area (Å²) in [6.45, 7) is 0. The normalized spacial score (nSPS) is 11.6. The first-order chi connectivity index (χ1) is 13.5. The van der Waals surface area contributed by atoms with Gasteiger partial charge in [0.2, 0.25) is 5.82 Å². The topological polar surface area (TPSA) is 24.4 Å². The Bertz CT molecular complexity index is 1170. The molecular formula is C21H11F5N2. The number of fused-ring (bicyclic) bond motifs is 2. The van der Waals surface area contributed by atoms with Crippen LogP contribution in [0.4, 0.5) is 27.6 Å². The monoisotopic (exact) mass is 386 g/mol. The quantitative estimate of drug-likeness (QED) is 0.112. The van der Waals surface area contributed by atoms with Crippen LogP contribution in [0.3, 0.4) is 0 Å². The minimum atomic E-state index is -2.22. The Labute approximate surface area is 155 Å². The van der Waals surface area contributed by atoms with Gasteiger partial charge in [0.05, 0.1) is 6.21 Å². The van der Waals surface area contributed by atoms with Crippen molar-refractivity contribution in [1.29, 1.82) is 0 Å². The lowest BCUT2D eigenvalue weighted by atomic mass is 9.97. The largest absolute Gasteiger partial charge is 0.272 e. The number of hydrogen-bond donors (Lipinski definition) is 1. The molecule has 0 heterocycles. The van der Waals surface area contributed by atoms with E-state index in [9.17, 15) is 22.0 Å². The third kappa shape index (κ3) is 2.85. The number of hydrazone groups is 1. The fourth-order valence-corrected chi connectivity index (χ4v) is 3.05. The summed E-state index contributed by atoms with van der Waals surface area (Å²) < 4.78 is 67.3. The van der Waals surface area contributed by atoms with Crippen LogP contribution in [0.2, 0.25) is 0 Å². The van der Waals surface area contributed by atoms with Crippen molar-refractivity contribution in [3.05, 3.63) is 89.2 Å². The van der Waals surface area contributed by atoms with Crippen molar-refractivity contribution in [2.24, 2.45) is 5.10 Å². The average molecular weight is 386 g/mol. The molecule has 28 heavy (non-hydrogen) atoms. The van der Waals surface area contributed by atoms with Gasteiger partial charge in [-0.15, -0.1) is 0 Å². The van der Waals surface area contributed by atoms with E-state index in [1.807, 2.05) is 60.0 Å². The zero-order chi connectivity index (χ0) is 19.8. The predicted octanol–water partition coefficient (Wildman–Crippen LogP) is 6.13. The Kier molecular flexibility index (Phi) is 4.43. The second-order valence-electron chi connectivity index (χ2n) is 6.05. The van der Waals surface area contributed by atoms with Gasteiger partial charge in [0, 0.05) is 5.56 Å². The molecule has 0 saturated carbocycles. The van der Waals surface area contributed by atoms with Gasteiger partial charge in [0.1, 0.15) is 5.69 Å². The maximum absolute atomic E-state index is 13.8. The Morgan fingerprint density at radius 3 is 1.64 bits per heavy atom. The highest BCUT2D eigenvalue weighted by Crippen LogP contribution is 2.29. The van der Waals surface area contributed by atoms with Crippen molar-refractivity contribution in [3.8, 4) is 0 Å². The van der Waals surface area contributed by atoms with Crippen LogP contribution in [0.5, 0.6) is 0 Å². The Morgan fingerprint density at radius 1 is 0.643 bits per heavy atom. The first kappa shape index (κ1) is 17.9. The SMILES string of the molecule is Fc1c(F)c(F)c(N/N=C/c2c3ccccc3cc3ccccc23)c(F)c1F. The Morgan fingerprint density at radius 2 is 1.11 bits per heavy atom. The molecule has 0 unspecified atom stereocenters. The van der Waals surface area contributed by atoms with Crippen LogP contribution >= 0.6 is 0 Å². The molecule has 4 aromatic rings. The van der Waals surface area contributed by atoms with Gasteiger partial charge in [-0.25, -0.2) is 22.0 Å². The molecule has 0 bridgehead atoms. The summed E-state index contributed by atoms with van der Waals surface area (Å²) in [5.41, 5.74) is 1.37. The van der Waals surface area contributed by atoms with E-state index in [1.54, 1.807) is 0 Å². The standard InChI is InChI=1S/C21H11F5N2/c22-16-17(23)19(25)21(20(26)18(16)24)28-27-10-15-13-7-3-1-5-11(13)9-12-6-2-4-8-14(12)15/h1-10,28H/b27-10+. The number of benzene rings is 4. The van der Waals surface area contributed by atoms with Crippen molar-refractivity contribution in [3.63, 3.8) is 0 Å². The van der Waals surface area contributed by atoms with E-state index in [4.69, 9.17) is 0 Å². The molecule has 7 heteroatoms. The van der Waals surface area contributed by atoms with Gasteiger partial charge in [0.25, 0.3) is 0 Å². The van der Waals surface area contributed by atoms with Crippen molar-refractivity contribution >= 4 is 33.4 Å². The van der Waals surface area contributed by atoms with Gasteiger partial charge in [-0.1, -0.05) is 48.5 Å². The van der Waals surface area contributed by atoms with E-state index in [-0.39, 0.29) is 0 Å². The molecule has 0 fully saturated rings. The number of halogens is 5. The van der Waals surface area contributed by atoms with Crippen LogP contribution in [0.25, 0.3) is 21.5 Å². The van der Waals surface area contributed by atoms with Crippen LogP contribution < -0.4 is 5.43 Å². The predicted molar refractivity (Wildman–Crippen MR) is 98.9 cm³/mol. The summed E-state index contributed by atoms with van der Waals surface area (Å²) in [7, 11) is 0. The molecule has 0 amide bonds. The zero-order valence-corrected chi connectivity index (χ0v) is 14.1. The molecule has 1 N–H and O–H groups in total. The fraction of sp³-hybridized carbons (Fsp3) is 0. The fourth-order valence-electron chi connectivity index (χ4n) is 3.05. The lowest BCUT2D eigenvalue weighted by Gasteiger charge is -2.09. The van der Waals surface area contributed by atoms with Gasteiger partial charge < -0.3 is 0 Å². The minimum absolute atomic E-state index is 0.644. The number of rotatable bonds is 3. The van der Waals surface area contributed by atoms with E-state index < -0.39 is 34.8 Å². The van der Waals surface area contributed by atoms with Crippen molar-refractivity contribution in [2.45, 2.75) is 0 Å². The van der Waals surface area contributed by atoms with Gasteiger partial charge >= 0.3 is 0 Å². The van der Waals surface area contributed by atoms with Gasteiger partial charge in [-0.3, -0.25) is 5.43 Å². The lowest BCUT2D eigenvalue weighted by Crippen LogP contribution is -2.06. The summed E-state index contributed by atoms with van der Waals surface area (Å²) in [4.78, 5) is 0. The molecule has 0 spiro atoms. The molecule has 0 aliphatic carbocycles. The molecule has 0 radical (unpaired) electrons. The van der Waals surface area contributed by atoms with Crippen LogP contribution in [-0.2, 0) is 0 Å². The zero-order valence-electron chi connectivity index (χ0n) is 14.1. The highest BCUT2D eigenvalue weighted by atomic mass is 19.2. The molecule has 0 aliphatic rings. The number of nitrogens with one attached hydrogen (secondary N) is 1. The molecular weight excluding hydrogens is 375 g/mol. The Balaban J connectivity index is 1.82. The first-order valence-electron chi connectivity index (χ1n) is 8.20. The molecule has 4 aromatic carbocycles. The maximum Gasteiger partial charge on any atom is 0.200 e. The van der Waals surface area contributed by atoms with Crippen LogP contribution in [0.15, 0.2) is 59.7 Å². The second kappa shape index (κ2) is 6.92. The third-order valence-electron chi connectivity index (χ3n) is 4.39. The summed E-state index contributed by atoms with van der Waals surface area (Å²) >= 11 is 0. The summed E-state index contributed by atoms with van der Waals surface area (Å²) in [6, 6.07) is 16.9. The lowest BCUT2D eigenvalue weighted by molar-refractivity contribution is 0.381. The molecule has 0 saturated heterocycles. The minimum Gasteiger partial charge on any atom is -0.272 e. The van der Waals surface area contributed by atoms with Crippen molar-refractivity contribution < 1.29 is 22.0 Å². The smallest absolute Gasteiger partial charge is 0.200 e. The highest BCUT2D eigenvalue weighted by molar-refractivity contribution is 6.13. The third-order valence-corrected chi connectivity index (χ3v) is 4.39. The molecule has 0 aliphatic heterocycles. The molecule has 4 rings (SSSR count). The number of hydrogen-bond acceptors (Lipinski definition) is 2. The summed E-state index contributed by atoms with van der Waals surface area (Å²) in [5.74, 6) is -10.2. The van der Waals surface area contributed by atoms with E-state index in [1.165, 1.54) is 6.21 Å². The highest BCUT2D eigenvalue weighted by Gasteiger charge is 2.25. The van der Waals surface area contributed by atoms with Gasteiger partial charge in [-0.05, 0) is 27.6 Å². The summed E-state index contributed by atoms with van der Waals surface area (Å²) in [5, 5.41) is 7.21. The maximum atomic E-state index is 13.8. The molecule has 140 valence electrons. The summed E-state index contributed by atoms with van der Waals surface area (Å²) in [6.07, 6.45) is 1.29. The van der Waals surface area contributed by atoms with Gasteiger partial charge in [0.15, 0.2) is 23.3 Å². The average Bonchev–Trinajstić information content (AvgIpc) is 2.72. The molecule has 2 nitrogen and oxygen atoms in total. The van der Waals surface area contributed by atoms with E-state index in [0.717, 1.165) is 21.5 Å². The van der Waals surface area contributed by atoms with Crippen LogP contribution in [0.1, 0.15) is 5.56 Å². The number of nitrogens with zero attached hydrogens (tertiary/aromatic N) is 1. The van der Waals surface area contributed by atoms with E-state index in [0.29, 0.717) is 5.56 Å². The van der Waals surface area contributed by atoms with E-state index >= 15 is 0 Å². The van der Waals surface area contributed by atoms with Crippen molar-refractivity contribution in [2.75, 3.05) is 5.43 Å². The van der Waals surface area contributed by atoms with Crippen LogP contribution in [0, 0.1) is 29.1 Å². The molecule has 0 aromatic heterocycles. The van der Waals surface area contributed by atoms with Gasteiger partial charge in [-0.2, -0.15) is 5.10 Å². The van der Waals surface area contributed by atoms with Crippen LogP contribution in [-0.4, -0.2) is 6.21 Å². The van der Waals surface area contributed by atoms with Crippen molar-refractivity contribution in [1.82, 2.24) is 0 Å². The molecule has 0 atom stereocenters. The van der Waals surface area contributed by atoms with E-state index in [2.05, 4.69) is 5.10 Å². The Hall–Kier alpha value is -3.48. The second-order valence-corrected chi connectivity index (χ2v) is 6.05. The first-order valence-corrected chi connectivity index (χ1v) is 8.20.